The van der Waals surface area contributed by atoms with E-state index in [0.717, 1.165) is 37.6 Å². The number of aryl methyl sites for hydroxylation is 1. The summed E-state index contributed by atoms with van der Waals surface area (Å²) in [6.45, 7) is 10.6. The lowest BCUT2D eigenvalue weighted by Crippen LogP contribution is -2.21. The number of hydrogen-bond donors (Lipinski definition) is 1. The Morgan fingerprint density at radius 3 is 2.56 bits per heavy atom. The minimum absolute atomic E-state index is 0.344. The first-order valence-corrected chi connectivity index (χ1v) is 6.12. The number of rotatable bonds is 7. The van der Waals surface area contributed by atoms with Gasteiger partial charge in [-0.1, -0.05) is 32.9 Å². The highest BCUT2D eigenvalue weighted by atomic mass is 16.5. The molecule has 1 rings (SSSR count). The molecule has 0 radical (unpaired) electrons. The largest absolute Gasteiger partial charge is 0.339 e. The average molecular weight is 225 g/mol. The van der Waals surface area contributed by atoms with Crippen molar-refractivity contribution in [3.05, 3.63) is 11.7 Å². The second kappa shape index (κ2) is 6.63. The molecule has 0 bridgehead atoms. The maximum absolute atomic E-state index is 5.16. The van der Waals surface area contributed by atoms with Crippen LogP contribution >= 0.6 is 0 Å². The van der Waals surface area contributed by atoms with E-state index in [1.165, 1.54) is 0 Å². The van der Waals surface area contributed by atoms with Crippen molar-refractivity contribution in [2.75, 3.05) is 13.1 Å². The van der Waals surface area contributed by atoms with Crippen molar-refractivity contribution in [2.24, 2.45) is 5.92 Å². The summed E-state index contributed by atoms with van der Waals surface area (Å²) in [5.74, 6) is 2.62. The zero-order valence-electron chi connectivity index (χ0n) is 10.8. The molecule has 0 unspecified atom stereocenters. The first-order chi connectivity index (χ1) is 7.59. The van der Waals surface area contributed by atoms with E-state index < -0.39 is 0 Å². The van der Waals surface area contributed by atoms with Crippen molar-refractivity contribution in [1.82, 2.24) is 15.5 Å². The van der Waals surface area contributed by atoms with E-state index in [1.54, 1.807) is 0 Å². The monoisotopic (exact) mass is 225 g/mol. The Morgan fingerprint density at radius 1 is 1.25 bits per heavy atom. The van der Waals surface area contributed by atoms with Gasteiger partial charge in [0.15, 0.2) is 5.82 Å². The van der Waals surface area contributed by atoms with E-state index >= 15 is 0 Å². The van der Waals surface area contributed by atoms with Crippen molar-refractivity contribution in [1.29, 1.82) is 0 Å². The van der Waals surface area contributed by atoms with Gasteiger partial charge in [0.2, 0.25) is 5.89 Å². The van der Waals surface area contributed by atoms with Crippen molar-refractivity contribution in [3.63, 3.8) is 0 Å². The van der Waals surface area contributed by atoms with Gasteiger partial charge in [0.25, 0.3) is 0 Å². The molecule has 0 saturated carbocycles. The molecule has 0 spiro atoms. The topological polar surface area (TPSA) is 51.0 Å². The molecule has 16 heavy (non-hydrogen) atoms. The van der Waals surface area contributed by atoms with Gasteiger partial charge in [0.1, 0.15) is 0 Å². The van der Waals surface area contributed by atoms with E-state index in [-0.39, 0.29) is 0 Å². The molecular weight excluding hydrogens is 202 g/mol. The molecular formula is C12H23N3O. The van der Waals surface area contributed by atoms with Crippen LogP contribution in [0.25, 0.3) is 0 Å². The molecule has 4 nitrogen and oxygen atoms in total. The van der Waals surface area contributed by atoms with Gasteiger partial charge in [-0.05, 0) is 25.4 Å². The van der Waals surface area contributed by atoms with Gasteiger partial charge in [-0.2, -0.15) is 4.98 Å². The molecule has 0 aromatic carbocycles. The van der Waals surface area contributed by atoms with E-state index in [2.05, 4.69) is 43.2 Å². The summed E-state index contributed by atoms with van der Waals surface area (Å²) in [6, 6.07) is 0. The van der Waals surface area contributed by atoms with Crippen molar-refractivity contribution < 1.29 is 4.52 Å². The summed E-state index contributed by atoms with van der Waals surface area (Å²) in [5.41, 5.74) is 0. The van der Waals surface area contributed by atoms with Gasteiger partial charge in [0.05, 0.1) is 0 Å². The molecule has 0 aliphatic heterocycles. The van der Waals surface area contributed by atoms with Crippen LogP contribution in [0.15, 0.2) is 4.52 Å². The summed E-state index contributed by atoms with van der Waals surface area (Å²) in [5, 5.41) is 7.33. The van der Waals surface area contributed by atoms with Crippen LogP contribution in [0.3, 0.4) is 0 Å². The van der Waals surface area contributed by atoms with Gasteiger partial charge >= 0.3 is 0 Å². The molecule has 0 amide bonds. The zero-order valence-corrected chi connectivity index (χ0v) is 10.8. The second-order valence-corrected chi connectivity index (χ2v) is 4.90. The maximum Gasteiger partial charge on any atom is 0.226 e. The van der Waals surface area contributed by atoms with E-state index in [0.29, 0.717) is 11.8 Å². The molecule has 0 aliphatic rings. The first kappa shape index (κ1) is 13.2. The molecule has 0 atom stereocenters. The molecule has 4 heteroatoms. The lowest BCUT2D eigenvalue weighted by atomic mass is 10.2. The Labute approximate surface area is 97.8 Å². The lowest BCUT2D eigenvalue weighted by Gasteiger charge is -2.05. The van der Waals surface area contributed by atoms with E-state index in [9.17, 15) is 0 Å². The Bertz CT molecular complexity index is 294. The standard InChI is InChI=1S/C12H23N3O/c1-9(2)8-13-7-5-6-11-14-12(10(3)4)15-16-11/h9-10,13H,5-8H2,1-4H3. The molecule has 0 aliphatic carbocycles. The predicted molar refractivity (Wildman–Crippen MR) is 64.4 cm³/mol. The maximum atomic E-state index is 5.16. The van der Waals surface area contributed by atoms with Crippen LogP contribution in [-0.4, -0.2) is 23.2 Å². The number of hydrogen-bond acceptors (Lipinski definition) is 4. The van der Waals surface area contributed by atoms with Crippen LogP contribution in [0.4, 0.5) is 0 Å². The highest BCUT2D eigenvalue weighted by molar-refractivity contribution is 4.91. The normalized spacial score (nSPS) is 11.6. The average Bonchev–Trinajstić information content (AvgIpc) is 2.65. The number of nitrogens with zero attached hydrogens (tertiary/aromatic N) is 2. The van der Waals surface area contributed by atoms with Gasteiger partial charge in [-0.25, -0.2) is 0 Å². The summed E-state index contributed by atoms with van der Waals surface area (Å²) >= 11 is 0. The van der Waals surface area contributed by atoms with Crippen molar-refractivity contribution >= 4 is 0 Å². The highest BCUT2D eigenvalue weighted by Crippen LogP contribution is 2.10. The SMILES string of the molecule is CC(C)CNCCCc1nc(C(C)C)no1. The number of aromatic nitrogens is 2. The van der Waals surface area contributed by atoms with E-state index in [4.69, 9.17) is 4.52 Å². The Morgan fingerprint density at radius 2 is 2.00 bits per heavy atom. The summed E-state index contributed by atoms with van der Waals surface area (Å²) in [7, 11) is 0. The molecule has 1 aromatic rings. The van der Waals surface area contributed by atoms with Crippen LogP contribution in [0.1, 0.15) is 51.7 Å². The molecule has 92 valence electrons. The Kier molecular flexibility index (Phi) is 5.46. The Balaban J connectivity index is 2.17. The van der Waals surface area contributed by atoms with Crippen LogP contribution in [0.2, 0.25) is 0 Å². The minimum Gasteiger partial charge on any atom is -0.339 e. The molecule has 1 aromatic heterocycles. The molecule has 1 N–H and O–H groups in total. The highest BCUT2D eigenvalue weighted by Gasteiger charge is 2.08. The van der Waals surface area contributed by atoms with Gasteiger partial charge < -0.3 is 9.84 Å². The van der Waals surface area contributed by atoms with Crippen LogP contribution in [0.5, 0.6) is 0 Å². The van der Waals surface area contributed by atoms with Gasteiger partial charge in [-0.15, -0.1) is 0 Å². The lowest BCUT2D eigenvalue weighted by molar-refractivity contribution is 0.367. The molecule has 0 fully saturated rings. The summed E-state index contributed by atoms with van der Waals surface area (Å²) in [4.78, 5) is 4.34. The fraction of sp³-hybridized carbons (Fsp3) is 0.833. The van der Waals surface area contributed by atoms with Crippen LogP contribution < -0.4 is 5.32 Å². The van der Waals surface area contributed by atoms with E-state index in [1.807, 2.05) is 0 Å². The van der Waals surface area contributed by atoms with Crippen LogP contribution in [0, 0.1) is 5.92 Å². The second-order valence-electron chi connectivity index (χ2n) is 4.90. The third-order valence-corrected chi connectivity index (χ3v) is 2.30. The minimum atomic E-state index is 0.344. The van der Waals surface area contributed by atoms with Crippen molar-refractivity contribution in [2.45, 2.75) is 46.5 Å². The molecule has 1 heterocycles. The third-order valence-electron chi connectivity index (χ3n) is 2.30. The first-order valence-electron chi connectivity index (χ1n) is 6.12. The smallest absolute Gasteiger partial charge is 0.226 e. The number of nitrogens with one attached hydrogen (secondary N) is 1. The fourth-order valence-corrected chi connectivity index (χ4v) is 1.36. The van der Waals surface area contributed by atoms with Gasteiger partial charge in [0, 0.05) is 12.3 Å². The summed E-state index contributed by atoms with van der Waals surface area (Å²) < 4.78 is 5.16. The quantitative estimate of drug-likeness (QED) is 0.724. The summed E-state index contributed by atoms with van der Waals surface area (Å²) in [6.07, 6.45) is 1.91. The van der Waals surface area contributed by atoms with Crippen molar-refractivity contribution in [3.8, 4) is 0 Å². The van der Waals surface area contributed by atoms with Gasteiger partial charge in [-0.3, -0.25) is 0 Å². The fourth-order valence-electron chi connectivity index (χ4n) is 1.36. The zero-order chi connectivity index (χ0) is 12.0. The third kappa shape index (κ3) is 4.75. The van der Waals surface area contributed by atoms with Crippen LogP contribution in [-0.2, 0) is 6.42 Å². The predicted octanol–water partition coefficient (Wildman–Crippen LogP) is 2.37. The molecule has 0 saturated heterocycles. The Hall–Kier alpha value is -0.900.